The van der Waals surface area contributed by atoms with E-state index in [1.165, 1.54) is 12.8 Å². The molecule has 19 heavy (non-hydrogen) atoms. The van der Waals surface area contributed by atoms with Crippen LogP contribution in [0.4, 0.5) is 5.69 Å². The Morgan fingerprint density at radius 3 is 2.95 bits per heavy atom. The Kier molecular flexibility index (Phi) is 5.33. The summed E-state index contributed by atoms with van der Waals surface area (Å²) in [6.45, 7) is 5.90. The molecule has 0 aliphatic carbocycles. The van der Waals surface area contributed by atoms with E-state index in [1.807, 2.05) is 25.1 Å². The average molecular weight is 264 g/mol. The highest BCUT2D eigenvalue weighted by Crippen LogP contribution is 2.30. The van der Waals surface area contributed by atoms with Crippen LogP contribution in [-0.2, 0) is 0 Å². The third-order valence-corrected chi connectivity index (χ3v) is 3.46. The molecule has 1 aromatic rings. The second kappa shape index (κ2) is 7.24. The molecule has 0 aromatic heterocycles. The smallest absolute Gasteiger partial charge is 0.163 e. The molecule has 1 aliphatic rings. The van der Waals surface area contributed by atoms with Gasteiger partial charge in [-0.15, -0.1) is 0 Å². The van der Waals surface area contributed by atoms with Crippen LogP contribution in [0.1, 0.15) is 19.8 Å². The minimum Gasteiger partial charge on any atom is -0.493 e. The molecule has 1 atom stereocenters. The van der Waals surface area contributed by atoms with E-state index in [0.29, 0.717) is 12.5 Å². The number of nitrogens with one attached hydrogen (secondary N) is 2. The topological polar surface area (TPSA) is 42.5 Å². The van der Waals surface area contributed by atoms with Crippen molar-refractivity contribution in [2.75, 3.05) is 38.7 Å². The first-order valence-corrected chi connectivity index (χ1v) is 7.09. The van der Waals surface area contributed by atoms with Gasteiger partial charge in [-0.1, -0.05) is 0 Å². The number of benzene rings is 1. The minimum absolute atomic E-state index is 0.645. The second-order valence-corrected chi connectivity index (χ2v) is 4.89. The summed E-state index contributed by atoms with van der Waals surface area (Å²) in [4.78, 5) is 0. The Bertz CT molecular complexity index is 390. The summed E-state index contributed by atoms with van der Waals surface area (Å²) in [6, 6.07) is 6.00. The Morgan fingerprint density at radius 1 is 1.37 bits per heavy atom. The van der Waals surface area contributed by atoms with Crippen LogP contribution in [0.5, 0.6) is 11.5 Å². The number of ether oxygens (including phenoxy) is 2. The van der Waals surface area contributed by atoms with E-state index in [1.54, 1.807) is 7.11 Å². The van der Waals surface area contributed by atoms with Crippen molar-refractivity contribution in [1.29, 1.82) is 0 Å². The molecule has 1 heterocycles. The molecule has 4 nitrogen and oxygen atoms in total. The zero-order valence-electron chi connectivity index (χ0n) is 11.9. The van der Waals surface area contributed by atoms with Gasteiger partial charge in [-0.2, -0.15) is 0 Å². The molecule has 1 saturated heterocycles. The highest BCUT2D eigenvalue weighted by atomic mass is 16.5. The van der Waals surface area contributed by atoms with Gasteiger partial charge in [-0.25, -0.2) is 0 Å². The molecule has 1 aliphatic heterocycles. The van der Waals surface area contributed by atoms with Crippen LogP contribution >= 0.6 is 0 Å². The van der Waals surface area contributed by atoms with Gasteiger partial charge in [0, 0.05) is 18.3 Å². The fourth-order valence-corrected chi connectivity index (χ4v) is 2.42. The normalized spacial score (nSPS) is 18.9. The monoisotopic (exact) mass is 264 g/mol. The number of hydrogen-bond acceptors (Lipinski definition) is 4. The lowest BCUT2D eigenvalue weighted by molar-refractivity contribution is 0.311. The zero-order valence-corrected chi connectivity index (χ0v) is 11.9. The van der Waals surface area contributed by atoms with Crippen LogP contribution in [0.25, 0.3) is 0 Å². The molecule has 1 fully saturated rings. The molecule has 4 heteroatoms. The third kappa shape index (κ3) is 4.03. The van der Waals surface area contributed by atoms with Crippen molar-refractivity contribution in [1.82, 2.24) is 5.32 Å². The molecule has 2 N–H and O–H groups in total. The molecule has 1 unspecified atom stereocenters. The Labute approximate surface area is 115 Å². The summed E-state index contributed by atoms with van der Waals surface area (Å²) < 4.78 is 10.9. The van der Waals surface area contributed by atoms with E-state index in [2.05, 4.69) is 10.6 Å². The largest absolute Gasteiger partial charge is 0.493 e. The van der Waals surface area contributed by atoms with Gasteiger partial charge < -0.3 is 20.1 Å². The fraction of sp³-hybridized carbons (Fsp3) is 0.600. The zero-order chi connectivity index (χ0) is 13.5. The van der Waals surface area contributed by atoms with Gasteiger partial charge in [0.15, 0.2) is 11.5 Å². The van der Waals surface area contributed by atoms with Crippen molar-refractivity contribution in [3.63, 3.8) is 0 Å². The standard InChI is InChI=1S/C15H24N2O2/c1-3-19-15-9-13(6-7-14(15)18-2)17-11-12-5-4-8-16-10-12/h6-7,9,12,16-17H,3-5,8,10-11H2,1-2H3. The molecule has 0 spiro atoms. The van der Waals surface area contributed by atoms with Crippen molar-refractivity contribution in [3.05, 3.63) is 18.2 Å². The molecule has 0 bridgehead atoms. The van der Waals surface area contributed by atoms with Gasteiger partial charge in [0.25, 0.3) is 0 Å². The summed E-state index contributed by atoms with van der Waals surface area (Å²) in [5.74, 6) is 2.30. The molecule has 0 saturated carbocycles. The van der Waals surface area contributed by atoms with Crippen LogP contribution in [-0.4, -0.2) is 33.4 Å². The van der Waals surface area contributed by atoms with Gasteiger partial charge in [0.1, 0.15) is 0 Å². The van der Waals surface area contributed by atoms with Crippen molar-refractivity contribution < 1.29 is 9.47 Å². The van der Waals surface area contributed by atoms with E-state index in [0.717, 1.165) is 36.8 Å². The minimum atomic E-state index is 0.645. The van der Waals surface area contributed by atoms with Gasteiger partial charge in [-0.3, -0.25) is 0 Å². The maximum atomic E-state index is 5.58. The first-order valence-electron chi connectivity index (χ1n) is 7.09. The molecular weight excluding hydrogens is 240 g/mol. The third-order valence-electron chi connectivity index (χ3n) is 3.46. The Hall–Kier alpha value is -1.42. The maximum absolute atomic E-state index is 5.58. The Morgan fingerprint density at radius 2 is 2.26 bits per heavy atom. The lowest BCUT2D eigenvalue weighted by Crippen LogP contribution is -2.33. The lowest BCUT2D eigenvalue weighted by atomic mass is 10.00. The van der Waals surface area contributed by atoms with Crippen LogP contribution in [0.3, 0.4) is 0 Å². The summed E-state index contributed by atoms with van der Waals surface area (Å²) in [5, 5.41) is 6.93. The predicted molar refractivity (Wildman–Crippen MR) is 78.2 cm³/mol. The maximum Gasteiger partial charge on any atom is 0.163 e. The second-order valence-electron chi connectivity index (χ2n) is 4.89. The number of anilines is 1. The molecule has 106 valence electrons. The first-order chi connectivity index (χ1) is 9.33. The first kappa shape index (κ1) is 14.0. The van der Waals surface area contributed by atoms with E-state index in [-0.39, 0.29) is 0 Å². The van der Waals surface area contributed by atoms with E-state index in [4.69, 9.17) is 9.47 Å². The van der Waals surface area contributed by atoms with Crippen molar-refractivity contribution in [2.24, 2.45) is 5.92 Å². The van der Waals surface area contributed by atoms with E-state index < -0.39 is 0 Å². The van der Waals surface area contributed by atoms with E-state index >= 15 is 0 Å². The number of rotatable bonds is 6. The summed E-state index contributed by atoms with van der Waals surface area (Å²) in [6.07, 6.45) is 2.58. The van der Waals surface area contributed by atoms with Crippen LogP contribution in [0.2, 0.25) is 0 Å². The van der Waals surface area contributed by atoms with Crippen molar-refractivity contribution in [3.8, 4) is 11.5 Å². The molecule has 0 radical (unpaired) electrons. The van der Waals surface area contributed by atoms with Gasteiger partial charge >= 0.3 is 0 Å². The van der Waals surface area contributed by atoms with Crippen LogP contribution in [0.15, 0.2) is 18.2 Å². The van der Waals surface area contributed by atoms with Crippen LogP contribution in [0, 0.1) is 5.92 Å². The lowest BCUT2D eigenvalue weighted by Gasteiger charge is -2.23. The van der Waals surface area contributed by atoms with E-state index in [9.17, 15) is 0 Å². The van der Waals surface area contributed by atoms with Gasteiger partial charge in [0.05, 0.1) is 13.7 Å². The number of methoxy groups -OCH3 is 1. The van der Waals surface area contributed by atoms with Crippen molar-refractivity contribution >= 4 is 5.69 Å². The summed E-state index contributed by atoms with van der Waals surface area (Å²) in [7, 11) is 1.67. The summed E-state index contributed by atoms with van der Waals surface area (Å²) in [5.41, 5.74) is 1.09. The SMILES string of the molecule is CCOc1cc(NCC2CCCNC2)ccc1OC. The molecule has 1 aromatic carbocycles. The molecular formula is C15H24N2O2. The highest BCUT2D eigenvalue weighted by molar-refractivity contribution is 5.54. The summed E-state index contributed by atoms with van der Waals surface area (Å²) >= 11 is 0. The van der Waals surface area contributed by atoms with Crippen LogP contribution < -0.4 is 20.1 Å². The quantitative estimate of drug-likeness (QED) is 0.828. The van der Waals surface area contributed by atoms with Crippen molar-refractivity contribution in [2.45, 2.75) is 19.8 Å². The van der Waals surface area contributed by atoms with Gasteiger partial charge in [-0.05, 0) is 50.9 Å². The highest BCUT2D eigenvalue weighted by Gasteiger charge is 2.13. The average Bonchev–Trinajstić information content (AvgIpc) is 2.47. The Balaban J connectivity index is 1.93. The molecule has 2 rings (SSSR count). The molecule has 0 amide bonds. The van der Waals surface area contributed by atoms with Gasteiger partial charge in [0.2, 0.25) is 0 Å². The number of piperidine rings is 1. The number of hydrogen-bond donors (Lipinski definition) is 2. The predicted octanol–water partition coefficient (Wildman–Crippen LogP) is 2.51. The fourth-order valence-electron chi connectivity index (χ4n) is 2.42.